The molecule has 0 bridgehead atoms. The van der Waals surface area contributed by atoms with Crippen molar-refractivity contribution in [3.63, 3.8) is 0 Å². The van der Waals surface area contributed by atoms with Gasteiger partial charge >= 0.3 is 0 Å². The van der Waals surface area contributed by atoms with E-state index >= 15 is 0 Å². The van der Waals surface area contributed by atoms with Gasteiger partial charge in [-0.1, -0.05) is 34.1 Å². The SMILES string of the molecule is Cc1ccc(C(C)NC(=S)Nc2ccc(Br)cc2)cc1C. The Balaban J connectivity index is 1.98. The van der Waals surface area contributed by atoms with Crippen molar-refractivity contribution in [3.8, 4) is 0 Å². The van der Waals surface area contributed by atoms with Crippen molar-refractivity contribution in [2.24, 2.45) is 0 Å². The highest BCUT2D eigenvalue weighted by molar-refractivity contribution is 9.10. The first-order valence-corrected chi connectivity index (χ1v) is 8.06. The van der Waals surface area contributed by atoms with Crippen LogP contribution in [-0.2, 0) is 0 Å². The Labute approximate surface area is 140 Å². The van der Waals surface area contributed by atoms with E-state index in [9.17, 15) is 0 Å². The minimum absolute atomic E-state index is 0.166. The highest BCUT2D eigenvalue weighted by atomic mass is 79.9. The molecule has 2 rings (SSSR count). The Bertz CT molecular complexity index is 638. The number of aryl methyl sites for hydroxylation is 2. The van der Waals surface area contributed by atoms with Crippen LogP contribution in [-0.4, -0.2) is 5.11 Å². The molecule has 0 saturated carbocycles. The lowest BCUT2D eigenvalue weighted by atomic mass is 10.0. The molecule has 0 spiro atoms. The van der Waals surface area contributed by atoms with Crippen LogP contribution in [0.1, 0.15) is 29.7 Å². The van der Waals surface area contributed by atoms with Crippen LogP contribution in [0, 0.1) is 13.8 Å². The second-order valence-electron chi connectivity index (χ2n) is 5.17. The highest BCUT2D eigenvalue weighted by Gasteiger charge is 2.08. The maximum atomic E-state index is 5.37. The van der Waals surface area contributed by atoms with Crippen molar-refractivity contribution >= 4 is 38.9 Å². The van der Waals surface area contributed by atoms with Crippen molar-refractivity contribution in [1.82, 2.24) is 5.32 Å². The monoisotopic (exact) mass is 362 g/mol. The summed E-state index contributed by atoms with van der Waals surface area (Å²) in [6.07, 6.45) is 0. The molecule has 110 valence electrons. The van der Waals surface area contributed by atoms with Crippen molar-refractivity contribution in [2.75, 3.05) is 5.32 Å². The van der Waals surface area contributed by atoms with E-state index in [1.165, 1.54) is 16.7 Å². The average Bonchev–Trinajstić information content (AvgIpc) is 2.44. The molecule has 0 aliphatic carbocycles. The Morgan fingerprint density at radius 3 is 2.33 bits per heavy atom. The second kappa shape index (κ2) is 7.05. The molecule has 2 aromatic carbocycles. The fourth-order valence-electron chi connectivity index (χ4n) is 2.01. The van der Waals surface area contributed by atoms with Crippen LogP contribution in [0.2, 0.25) is 0 Å². The molecule has 4 heteroatoms. The Morgan fingerprint density at radius 2 is 1.71 bits per heavy atom. The molecule has 0 heterocycles. The molecular formula is C17H19BrN2S. The third kappa shape index (κ3) is 4.55. The molecule has 0 saturated heterocycles. The van der Waals surface area contributed by atoms with E-state index in [1.807, 2.05) is 24.3 Å². The molecule has 0 aliphatic rings. The standard InChI is InChI=1S/C17H19BrN2S/c1-11-4-5-14(10-12(11)2)13(3)19-17(21)20-16-8-6-15(18)7-9-16/h4-10,13H,1-3H3,(H2,19,20,21). The summed E-state index contributed by atoms with van der Waals surface area (Å²) < 4.78 is 1.05. The molecule has 1 atom stereocenters. The number of anilines is 1. The van der Waals surface area contributed by atoms with E-state index < -0.39 is 0 Å². The van der Waals surface area contributed by atoms with Crippen LogP contribution in [0.5, 0.6) is 0 Å². The topological polar surface area (TPSA) is 24.1 Å². The van der Waals surface area contributed by atoms with Gasteiger partial charge in [0, 0.05) is 10.2 Å². The first kappa shape index (κ1) is 16.0. The molecular weight excluding hydrogens is 344 g/mol. The van der Waals surface area contributed by atoms with E-state index in [4.69, 9.17) is 12.2 Å². The van der Waals surface area contributed by atoms with E-state index in [-0.39, 0.29) is 6.04 Å². The van der Waals surface area contributed by atoms with Crippen LogP contribution in [0.15, 0.2) is 46.9 Å². The predicted molar refractivity (Wildman–Crippen MR) is 97.8 cm³/mol. The summed E-state index contributed by atoms with van der Waals surface area (Å²) in [5.74, 6) is 0. The lowest BCUT2D eigenvalue weighted by molar-refractivity contribution is 0.721. The minimum Gasteiger partial charge on any atom is -0.356 e. The molecule has 0 amide bonds. The van der Waals surface area contributed by atoms with Crippen molar-refractivity contribution in [2.45, 2.75) is 26.8 Å². The van der Waals surface area contributed by atoms with Gasteiger partial charge in [-0.05, 0) is 73.9 Å². The van der Waals surface area contributed by atoms with Gasteiger partial charge in [0.05, 0.1) is 6.04 Å². The number of halogens is 1. The van der Waals surface area contributed by atoms with Crippen LogP contribution in [0.3, 0.4) is 0 Å². The number of benzene rings is 2. The van der Waals surface area contributed by atoms with E-state index in [2.05, 4.69) is 65.5 Å². The lowest BCUT2D eigenvalue weighted by Gasteiger charge is -2.18. The van der Waals surface area contributed by atoms with Crippen LogP contribution in [0.25, 0.3) is 0 Å². The van der Waals surface area contributed by atoms with Gasteiger partial charge < -0.3 is 10.6 Å². The summed E-state index contributed by atoms with van der Waals surface area (Å²) in [6, 6.07) is 14.6. The van der Waals surface area contributed by atoms with E-state index in [0.717, 1.165) is 10.2 Å². The summed E-state index contributed by atoms with van der Waals surface area (Å²) >= 11 is 8.79. The summed E-state index contributed by atoms with van der Waals surface area (Å²) in [4.78, 5) is 0. The zero-order chi connectivity index (χ0) is 15.4. The van der Waals surface area contributed by atoms with Gasteiger partial charge in [0.25, 0.3) is 0 Å². The summed E-state index contributed by atoms with van der Waals surface area (Å²) in [6.45, 7) is 6.36. The minimum atomic E-state index is 0.166. The first-order valence-electron chi connectivity index (χ1n) is 6.86. The van der Waals surface area contributed by atoms with Gasteiger partial charge in [-0.3, -0.25) is 0 Å². The number of rotatable bonds is 3. The van der Waals surface area contributed by atoms with Gasteiger partial charge in [-0.15, -0.1) is 0 Å². The normalized spacial score (nSPS) is 11.8. The fourth-order valence-corrected chi connectivity index (χ4v) is 2.57. The number of hydrogen-bond acceptors (Lipinski definition) is 1. The lowest BCUT2D eigenvalue weighted by Crippen LogP contribution is -2.30. The Morgan fingerprint density at radius 1 is 1.05 bits per heavy atom. The summed E-state index contributed by atoms with van der Waals surface area (Å²) in [5.41, 5.74) is 4.82. The fraction of sp³-hybridized carbons (Fsp3) is 0.235. The molecule has 0 radical (unpaired) electrons. The van der Waals surface area contributed by atoms with Crippen LogP contribution >= 0.6 is 28.1 Å². The van der Waals surface area contributed by atoms with E-state index in [0.29, 0.717) is 5.11 Å². The maximum Gasteiger partial charge on any atom is 0.171 e. The number of thiocarbonyl (C=S) groups is 1. The predicted octanol–water partition coefficient (Wildman–Crippen LogP) is 5.11. The molecule has 2 N–H and O–H groups in total. The largest absolute Gasteiger partial charge is 0.356 e. The summed E-state index contributed by atoms with van der Waals surface area (Å²) in [7, 11) is 0. The Hall–Kier alpha value is -1.39. The molecule has 21 heavy (non-hydrogen) atoms. The average molecular weight is 363 g/mol. The zero-order valence-electron chi connectivity index (χ0n) is 12.4. The third-order valence-corrected chi connectivity index (χ3v) is 4.23. The highest BCUT2D eigenvalue weighted by Crippen LogP contribution is 2.18. The van der Waals surface area contributed by atoms with Gasteiger partial charge in [-0.2, -0.15) is 0 Å². The van der Waals surface area contributed by atoms with Gasteiger partial charge in [0.1, 0.15) is 0 Å². The molecule has 0 fully saturated rings. The van der Waals surface area contributed by atoms with Crippen molar-refractivity contribution in [1.29, 1.82) is 0 Å². The Kier molecular flexibility index (Phi) is 5.37. The maximum absolute atomic E-state index is 5.37. The molecule has 0 aliphatic heterocycles. The van der Waals surface area contributed by atoms with E-state index in [1.54, 1.807) is 0 Å². The quantitative estimate of drug-likeness (QED) is 0.741. The number of hydrogen-bond donors (Lipinski definition) is 2. The van der Waals surface area contributed by atoms with Crippen LogP contribution in [0.4, 0.5) is 5.69 Å². The number of nitrogens with one attached hydrogen (secondary N) is 2. The third-order valence-electron chi connectivity index (χ3n) is 3.48. The van der Waals surface area contributed by atoms with Crippen molar-refractivity contribution in [3.05, 3.63) is 63.6 Å². The van der Waals surface area contributed by atoms with Crippen LogP contribution < -0.4 is 10.6 Å². The smallest absolute Gasteiger partial charge is 0.171 e. The molecule has 1 unspecified atom stereocenters. The first-order chi connectivity index (χ1) is 9.95. The summed E-state index contributed by atoms with van der Waals surface area (Å²) in [5, 5.41) is 7.14. The molecule has 2 nitrogen and oxygen atoms in total. The molecule has 2 aromatic rings. The zero-order valence-corrected chi connectivity index (χ0v) is 14.8. The molecule has 0 aromatic heterocycles. The van der Waals surface area contributed by atoms with Gasteiger partial charge in [-0.25, -0.2) is 0 Å². The second-order valence-corrected chi connectivity index (χ2v) is 6.49. The van der Waals surface area contributed by atoms with Gasteiger partial charge in [0.15, 0.2) is 5.11 Å². The van der Waals surface area contributed by atoms with Crippen molar-refractivity contribution < 1.29 is 0 Å². The van der Waals surface area contributed by atoms with Gasteiger partial charge in [0.2, 0.25) is 0 Å².